The van der Waals surface area contributed by atoms with Crippen LogP contribution in [0.5, 0.6) is 0 Å². The SMILES string of the molecule is CCCCCCOC(=O)NC(=N)c1cccc(N=C(C=C(N)C(F)(F)F)C(=O)Nc2cc(C(N)(CCC3CC3)c3cccnc3)ccc2F)c1. The zero-order chi connectivity index (χ0) is 36.3. The Morgan fingerprint density at radius 2 is 1.86 bits per heavy atom. The molecule has 1 aromatic heterocycles. The van der Waals surface area contributed by atoms with Crippen LogP contribution in [-0.4, -0.2) is 41.3 Å². The first kappa shape index (κ1) is 37.7. The summed E-state index contributed by atoms with van der Waals surface area (Å²) in [6, 6.07) is 13.0. The van der Waals surface area contributed by atoms with E-state index in [-0.39, 0.29) is 29.4 Å². The van der Waals surface area contributed by atoms with Crippen LogP contribution in [0.15, 0.2) is 83.8 Å². The highest BCUT2D eigenvalue weighted by Crippen LogP contribution is 2.40. The molecule has 1 atom stereocenters. The summed E-state index contributed by atoms with van der Waals surface area (Å²) in [4.78, 5) is 33.9. The molecule has 1 saturated carbocycles. The number of nitrogens with zero attached hydrogens (tertiary/aromatic N) is 2. The fraction of sp³-hybridized carbons (Fsp3) is 0.361. The van der Waals surface area contributed by atoms with E-state index in [2.05, 4.69) is 27.5 Å². The first-order valence-corrected chi connectivity index (χ1v) is 16.4. The van der Waals surface area contributed by atoms with Gasteiger partial charge in [0.15, 0.2) is 0 Å². The number of alkyl halides is 3. The van der Waals surface area contributed by atoms with Gasteiger partial charge in [0.05, 0.1) is 23.5 Å². The molecule has 2 aromatic carbocycles. The number of hydrogen-bond acceptors (Lipinski definition) is 8. The second-order valence-corrected chi connectivity index (χ2v) is 12.2. The normalized spacial score (nSPS) is 14.8. The van der Waals surface area contributed by atoms with Crippen molar-refractivity contribution in [2.75, 3.05) is 11.9 Å². The van der Waals surface area contributed by atoms with Gasteiger partial charge in [0.1, 0.15) is 23.1 Å². The molecular formula is C36H41F4N7O3. The molecule has 7 N–H and O–H groups in total. The van der Waals surface area contributed by atoms with E-state index in [1.165, 1.54) is 36.4 Å². The molecule has 266 valence electrons. The highest BCUT2D eigenvalue weighted by Gasteiger charge is 2.35. The predicted octanol–water partition coefficient (Wildman–Crippen LogP) is 7.36. The summed E-state index contributed by atoms with van der Waals surface area (Å²) in [5, 5.41) is 12.9. The van der Waals surface area contributed by atoms with Gasteiger partial charge in [-0.1, -0.05) is 63.3 Å². The van der Waals surface area contributed by atoms with Gasteiger partial charge in [0.2, 0.25) is 0 Å². The van der Waals surface area contributed by atoms with Crippen molar-refractivity contribution in [2.45, 2.75) is 70.0 Å². The van der Waals surface area contributed by atoms with E-state index < -0.39 is 40.9 Å². The quantitative estimate of drug-likeness (QED) is 0.0482. The number of aromatic nitrogens is 1. The fourth-order valence-corrected chi connectivity index (χ4v) is 5.16. The predicted molar refractivity (Wildman–Crippen MR) is 184 cm³/mol. The van der Waals surface area contributed by atoms with Crippen molar-refractivity contribution >= 4 is 34.9 Å². The van der Waals surface area contributed by atoms with E-state index in [1.54, 1.807) is 24.5 Å². The Kier molecular flexibility index (Phi) is 12.8. The molecule has 1 aliphatic rings. The summed E-state index contributed by atoms with van der Waals surface area (Å²) in [5.41, 5.74) is 9.57. The lowest BCUT2D eigenvalue weighted by molar-refractivity contribution is -0.110. The Labute approximate surface area is 287 Å². The number of pyridine rings is 1. The second kappa shape index (κ2) is 17.0. The van der Waals surface area contributed by atoms with Crippen LogP contribution >= 0.6 is 0 Å². The molecule has 3 aromatic rings. The molecule has 1 unspecified atom stereocenters. The van der Waals surface area contributed by atoms with Crippen LogP contribution in [0.1, 0.15) is 75.0 Å². The third kappa shape index (κ3) is 10.7. The minimum absolute atomic E-state index is 0.0507. The number of ether oxygens (including phenoxy) is 1. The number of benzene rings is 2. The largest absolute Gasteiger partial charge is 0.449 e. The lowest BCUT2D eigenvalue weighted by Gasteiger charge is -2.31. The highest BCUT2D eigenvalue weighted by atomic mass is 19.4. The summed E-state index contributed by atoms with van der Waals surface area (Å²) >= 11 is 0. The average molecular weight is 696 g/mol. The number of carbonyl (C=O) groups is 2. The van der Waals surface area contributed by atoms with E-state index in [0.29, 0.717) is 36.0 Å². The zero-order valence-corrected chi connectivity index (χ0v) is 27.7. The van der Waals surface area contributed by atoms with Crippen LogP contribution in [0.2, 0.25) is 0 Å². The molecular weight excluding hydrogens is 654 g/mol. The van der Waals surface area contributed by atoms with Gasteiger partial charge in [0.25, 0.3) is 5.91 Å². The van der Waals surface area contributed by atoms with Crippen LogP contribution in [0.25, 0.3) is 0 Å². The maximum Gasteiger partial charge on any atom is 0.430 e. The molecule has 4 rings (SSSR count). The van der Waals surface area contributed by atoms with E-state index in [1.807, 2.05) is 0 Å². The Bertz CT molecular complexity index is 1730. The maximum atomic E-state index is 15.2. The van der Waals surface area contributed by atoms with Crippen LogP contribution in [0.4, 0.5) is 33.7 Å². The van der Waals surface area contributed by atoms with Gasteiger partial charge in [-0.05, 0) is 72.7 Å². The molecule has 10 nitrogen and oxygen atoms in total. The molecule has 0 spiro atoms. The molecule has 0 saturated heterocycles. The Balaban J connectivity index is 1.60. The van der Waals surface area contributed by atoms with Gasteiger partial charge in [-0.2, -0.15) is 13.2 Å². The Morgan fingerprint density at radius 3 is 2.54 bits per heavy atom. The smallest absolute Gasteiger partial charge is 0.430 e. The van der Waals surface area contributed by atoms with E-state index in [9.17, 15) is 22.8 Å². The number of allylic oxidation sites excluding steroid dienone is 1. The van der Waals surface area contributed by atoms with Gasteiger partial charge < -0.3 is 21.5 Å². The van der Waals surface area contributed by atoms with Gasteiger partial charge in [-0.25, -0.2) is 14.2 Å². The number of nitrogens with two attached hydrogens (primary N) is 2. The molecule has 1 heterocycles. The Morgan fingerprint density at radius 1 is 1.08 bits per heavy atom. The van der Waals surface area contributed by atoms with Crippen molar-refractivity contribution in [3.8, 4) is 0 Å². The van der Waals surface area contributed by atoms with Crippen molar-refractivity contribution in [2.24, 2.45) is 22.4 Å². The lowest BCUT2D eigenvalue weighted by Crippen LogP contribution is -2.38. The lowest BCUT2D eigenvalue weighted by atomic mass is 9.80. The number of nitrogens with one attached hydrogen (secondary N) is 3. The van der Waals surface area contributed by atoms with Crippen molar-refractivity contribution in [1.29, 1.82) is 5.41 Å². The second-order valence-electron chi connectivity index (χ2n) is 12.2. The van der Waals surface area contributed by atoms with Gasteiger partial charge in [-0.3, -0.25) is 20.5 Å². The fourth-order valence-electron chi connectivity index (χ4n) is 5.16. The van der Waals surface area contributed by atoms with Crippen LogP contribution in [-0.2, 0) is 15.1 Å². The number of hydrogen-bond donors (Lipinski definition) is 5. The van der Waals surface area contributed by atoms with Gasteiger partial charge in [-0.15, -0.1) is 0 Å². The first-order valence-electron chi connectivity index (χ1n) is 16.4. The number of amides is 2. The van der Waals surface area contributed by atoms with Crippen LogP contribution in [0, 0.1) is 17.1 Å². The standard InChI is InChI=1S/C36H41F4N7O3/c1-2-3-4-5-18-50-34(49)47-32(42)24-8-6-10-27(19-24)45-30(21-31(41)36(38,39)40)33(48)46-29-20-25(13-14-28(29)37)35(43,16-15-23-11-12-23)26-9-7-17-44-22-26/h6-10,13-14,17,19-23H,2-5,11-12,15-16,18,41,43H2,1H3,(H,46,48)(H2,42,47,49). The maximum absolute atomic E-state index is 15.2. The number of amidine groups is 1. The summed E-state index contributed by atoms with van der Waals surface area (Å²) in [7, 11) is 0. The monoisotopic (exact) mass is 695 g/mol. The number of carbonyl (C=O) groups excluding carboxylic acids is 2. The van der Waals surface area contributed by atoms with E-state index in [4.69, 9.17) is 21.6 Å². The van der Waals surface area contributed by atoms with Crippen molar-refractivity contribution in [1.82, 2.24) is 10.3 Å². The topological polar surface area (TPSA) is 169 Å². The van der Waals surface area contributed by atoms with Gasteiger partial charge in [0, 0.05) is 18.0 Å². The minimum atomic E-state index is -5.00. The number of alkyl carbamates (subject to hydrolysis) is 1. The van der Waals surface area contributed by atoms with Crippen molar-refractivity contribution < 1.29 is 31.9 Å². The van der Waals surface area contributed by atoms with Crippen molar-refractivity contribution in [3.63, 3.8) is 0 Å². The molecule has 50 heavy (non-hydrogen) atoms. The molecule has 0 aliphatic heterocycles. The van der Waals surface area contributed by atoms with E-state index in [0.717, 1.165) is 44.6 Å². The third-order valence-electron chi connectivity index (χ3n) is 8.24. The number of unbranched alkanes of at least 4 members (excludes halogenated alkanes) is 3. The minimum Gasteiger partial charge on any atom is -0.449 e. The Hall–Kier alpha value is -5.11. The zero-order valence-electron chi connectivity index (χ0n) is 27.7. The summed E-state index contributed by atoms with van der Waals surface area (Å²) in [5.74, 6) is -1.88. The number of rotatable bonds is 15. The molecule has 0 radical (unpaired) electrons. The van der Waals surface area contributed by atoms with E-state index >= 15 is 4.39 Å². The third-order valence-corrected chi connectivity index (χ3v) is 8.24. The van der Waals surface area contributed by atoms with Crippen molar-refractivity contribution in [3.05, 3.63) is 101 Å². The molecule has 2 amide bonds. The molecule has 14 heteroatoms. The molecule has 1 aliphatic carbocycles. The summed E-state index contributed by atoms with van der Waals surface area (Å²) < 4.78 is 60.7. The average Bonchev–Trinajstić information content (AvgIpc) is 3.92. The molecule has 0 bridgehead atoms. The highest BCUT2D eigenvalue weighted by molar-refractivity contribution is 6.47. The number of anilines is 1. The summed E-state index contributed by atoms with van der Waals surface area (Å²) in [6.45, 7) is 2.23. The number of aliphatic imine (C=N–C) groups is 1. The first-order chi connectivity index (χ1) is 23.8. The summed E-state index contributed by atoms with van der Waals surface area (Å²) in [6.07, 6.45) is 4.80. The van der Waals surface area contributed by atoms with Crippen LogP contribution in [0.3, 0.4) is 0 Å². The molecule has 1 fully saturated rings. The number of halogens is 4. The van der Waals surface area contributed by atoms with Gasteiger partial charge >= 0.3 is 12.3 Å². The van der Waals surface area contributed by atoms with Crippen LogP contribution < -0.4 is 22.1 Å².